The predicted octanol–water partition coefficient (Wildman–Crippen LogP) is -3.75. The molecule has 0 saturated carbocycles. The number of esters is 4. The molecule has 4 fully saturated rings. The molecule has 0 aromatic heterocycles. The Morgan fingerprint density at radius 3 is 0.918 bits per heavy atom. The molecule has 0 bridgehead atoms. The Bertz CT molecular complexity index is 1130. The number of carbonyl (C=O) groups excluding carboxylic acids is 8. The number of carbonyl (C=O) groups is 8. The van der Waals surface area contributed by atoms with Crippen LogP contribution in [0.4, 0.5) is 0 Å². The topological polar surface area (TPSA) is 271 Å². The summed E-state index contributed by atoms with van der Waals surface area (Å²) >= 11 is 0. The second-order valence-corrected chi connectivity index (χ2v) is 12.9. The van der Waals surface area contributed by atoms with Crippen LogP contribution >= 0.6 is 0 Å². The van der Waals surface area contributed by atoms with E-state index in [9.17, 15) is 48.6 Å². The molecule has 0 spiro atoms. The summed E-state index contributed by atoms with van der Waals surface area (Å²) in [5.74, 6) is -4.51. The van der Waals surface area contributed by atoms with Crippen LogP contribution in [-0.2, 0) is 62.0 Å². The van der Waals surface area contributed by atoms with E-state index in [-0.39, 0.29) is 75.0 Å². The fourth-order valence-corrected chi connectivity index (χ4v) is 5.47. The predicted molar refractivity (Wildman–Crippen MR) is 158 cm³/mol. The summed E-state index contributed by atoms with van der Waals surface area (Å²) in [6.45, 7) is -4.62. The highest BCUT2D eigenvalue weighted by molar-refractivity contribution is 5.90. The molecule has 19 heteroatoms. The van der Waals surface area contributed by atoms with Gasteiger partial charge in [-0.25, -0.2) is 19.2 Å². The molecule has 4 saturated heterocycles. The van der Waals surface area contributed by atoms with Gasteiger partial charge in [0, 0.05) is 25.7 Å². The van der Waals surface area contributed by atoms with Gasteiger partial charge < -0.3 is 55.2 Å². The Morgan fingerprint density at radius 1 is 0.490 bits per heavy atom. The van der Waals surface area contributed by atoms with Gasteiger partial charge in [0.1, 0.15) is 50.6 Å². The molecule has 4 aliphatic heterocycles. The van der Waals surface area contributed by atoms with Crippen molar-refractivity contribution >= 4 is 47.5 Å². The van der Waals surface area contributed by atoms with Gasteiger partial charge in [-0.2, -0.15) is 0 Å². The molecule has 0 aliphatic carbocycles. The quantitative estimate of drug-likeness (QED) is 0.0593. The normalized spacial score (nSPS) is 23.7. The first-order chi connectivity index (χ1) is 23.4. The minimum atomic E-state index is -1.59. The summed E-state index contributed by atoms with van der Waals surface area (Å²) in [7, 11) is 0. The SMILES string of the molecule is O=C1CC[C@@H](C(=O)OCC(CO)(COCC(CO)(COC(=O)[C@@H]2CCC(=O)N2)COC(=O)[C@@H]2CCC(=O)N2)COC(=O)[C@@H]2CCC(=O)N2)N1. The summed E-state index contributed by atoms with van der Waals surface area (Å²) in [6.07, 6.45) is 1.28. The van der Waals surface area contributed by atoms with Gasteiger partial charge in [0.2, 0.25) is 23.6 Å². The number of hydrogen-bond donors (Lipinski definition) is 6. The van der Waals surface area contributed by atoms with Crippen LogP contribution in [0.2, 0.25) is 0 Å². The third-order valence-corrected chi connectivity index (χ3v) is 8.69. The zero-order valence-electron chi connectivity index (χ0n) is 26.8. The third kappa shape index (κ3) is 10.3. The van der Waals surface area contributed by atoms with Crippen LogP contribution < -0.4 is 21.3 Å². The largest absolute Gasteiger partial charge is 0.463 e. The maximum Gasteiger partial charge on any atom is 0.328 e. The molecule has 4 heterocycles. The molecule has 4 atom stereocenters. The maximum atomic E-state index is 12.7. The Kier molecular flexibility index (Phi) is 12.9. The lowest BCUT2D eigenvalue weighted by Gasteiger charge is -2.35. The van der Waals surface area contributed by atoms with E-state index in [1.165, 1.54) is 0 Å². The third-order valence-electron chi connectivity index (χ3n) is 8.69. The lowest BCUT2D eigenvalue weighted by molar-refractivity contribution is -0.171. The van der Waals surface area contributed by atoms with Crippen LogP contribution in [0.15, 0.2) is 0 Å². The second kappa shape index (κ2) is 16.8. The van der Waals surface area contributed by atoms with Gasteiger partial charge in [0.15, 0.2) is 0 Å². The summed E-state index contributed by atoms with van der Waals surface area (Å²) in [6, 6.07) is -3.66. The van der Waals surface area contributed by atoms with Crippen molar-refractivity contribution in [2.24, 2.45) is 10.8 Å². The van der Waals surface area contributed by atoms with Crippen LogP contribution in [0, 0.1) is 10.8 Å². The van der Waals surface area contributed by atoms with Crippen LogP contribution in [0.5, 0.6) is 0 Å². The van der Waals surface area contributed by atoms with Gasteiger partial charge in [-0.05, 0) is 25.7 Å². The second-order valence-electron chi connectivity index (χ2n) is 12.9. The first-order valence-corrected chi connectivity index (χ1v) is 16.0. The van der Waals surface area contributed by atoms with E-state index in [0.29, 0.717) is 0 Å². The average molecular weight is 699 g/mol. The number of aliphatic hydroxyl groups excluding tert-OH is 2. The zero-order chi connectivity index (χ0) is 35.6. The molecule has 4 aliphatic rings. The summed E-state index contributed by atoms with van der Waals surface area (Å²) in [4.78, 5) is 97.1. The minimum Gasteiger partial charge on any atom is -0.463 e. The van der Waals surface area contributed by atoms with E-state index in [4.69, 9.17) is 23.7 Å². The lowest BCUT2D eigenvalue weighted by Crippen LogP contribution is -2.48. The molecule has 49 heavy (non-hydrogen) atoms. The first kappa shape index (κ1) is 37.5. The van der Waals surface area contributed by atoms with Crippen LogP contribution in [0.25, 0.3) is 0 Å². The zero-order valence-corrected chi connectivity index (χ0v) is 26.8. The number of aliphatic hydroxyl groups is 2. The smallest absolute Gasteiger partial charge is 0.328 e. The summed E-state index contributed by atoms with van der Waals surface area (Å²) < 4.78 is 27.4. The fourth-order valence-electron chi connectivity index (χ4n) is 5.47. The summed E-state index contributed by atoms with van der Waals surface area (Å²) in [5.41, 5.74) is -3.18. The molecule has 0 unspecified atom stereocenters. The maximum absolute atomic E-state index is 12.7. The van der Waals surface area contributed by atoms with Crippen molar-refractivity contribution in [3.05, 3.63) is 0 Å². The lowest BCUT2D eigenvalue weighted by atomic mass is 9.90. The van der Waals surface area contributed by atoms with Gasteiger partial charge in [-0.1, -0.05) is 0 Å². The van der Waals surface area contributed by atoms with E-state index in [1.807, 2.05) is 0 Å². The molecule has 272 valence electrons. The van der Waals surface area contributed by atoms with Gasteiger partial charge in [0.05, 0.1) is 37.3 Å². The van der Waals surface area contributed by atoms with E-state index in [1.54, 1.807) is 0 Å². The van der Waals surface area contributed by atoms with Gasteiger partial charge in [0.25, 0.3) is 0 Å². The molecule has 0 radical (unpaired) electrons. The molecule has 0 aromatic carbocycles. The van der Waals surface area contributed by atoms with Crippen molar-refractivity contribution in [2.75, 3.05) is 52.9 Å². The van der Waals surface area contributed by atoms with Crippen LogP contribution in [-0.4, -0.2) is 135 Å². The van der Waals surface area contributed by atoms with Crippen molar-refractivity contribution in [2.45, 2.75) is 75.5 Å². The molecular formula is C30H42N4O15. The van der Waals surface area contributed by atoms with Crippen molar-refractivity contribution < 1.29 is 72.3 Å². The number of ether oxygens (including phenoxy) is 5. The minimum absolute atomic E-state index is 0.122. The molecule has 6 N–H and O–H groups in total. The standard InChI is InChI=1S/C30H42N4O15/c35-9-29(13-46-25(41)17-1-5-21(37)31-17,14-47-26(42)18-2-6-22(38)32-18)11-45-12-30(10-36,15-48-27(43)19-3-7-23(39)33-19)16-49-28(44)20-4-8-24(40)34-20/h17-20,35-36H,1-16H2,(H,31,37)(H,32,38)(H,33,39)(H,34,40)/t17-,18-,19-,20-/m0/s1. The monoisotopic (exact) mass is 698 g/mol. The Balaban J connectivity index is 1.45. The highest BCUT2D eigenvalue weighted by Crippen LogP contribution is 2.26. The van der Waals surface area contributed by atoms with Crippen molar-refractivity contribution in [1.82, 2.24) is 21.3 Å². The van der Waals surface area contributed by atoms with E-state index >= 15 is 0 Å². The van der Waals surface area contributed by atoms with Gasteiger partial charge in [-0.15, -0.1) is 0 Å². The van der Waals surface area contributed by atoms with E-state index in [0.717, 1.165) is 0 Å². The van der Waals surface area contributed by atoms with Crippen molar-refractivity contribution in [1.29, 1.82) is 0 Å². The molecule has 4 rings (SSSR count). The number of hydrogen-bond acceptors (Lipinski definition) is 15. The van der Waals surface area contributed by atoms with E-state index in [2.05, 4.69) is 21.3 Å². The Morgan fingerprint density at radius 2 is 0.735 bits per heavy atom. The molecular weight excluding hydrogens is 656 g/mol. The van der Waals surface area contributed by atoms with Crippen LogP contribution in [0.1, 0.15) is 51.4 Å². The van der Waals surface area contributed by atoms with Gasteiger partial charge in [-0.3, -0.25) is 19.2 Å². The number of rotatable bonds is 18. The summed E-state index contributed by atoms with van der Waals surface area (Å²) in [5, 5.41) is 30.9. The van der Waals surface area contributed by atoms with Gasteiger partial charge >= 0.3 is 23.9 Å². The fraction of sp³-hybridized carbons (Fsp3) is 0.733. The first-order valence-electron chi connectivity index (χ1n) is 16.0. The average Bonchev–Trinajstić information content (AvgIpc) is 3.92. The van der Waals surface area contributed by atoms with Crippen LogP contribution in [0.3, 0.4) is 0 Å². The van der Waals surface area contributed by atoms with Crippen molar-refractivity contribution in [3.63, 3.8) is 0 Å². The highest BCUT2D eigenvalue weighted by Gasteiger charge is 2.41. The number of amides is 4. The van der Waals surface area contributed by atoms with E-state index < -0.39 is 112 Å². The Labute approximate surface area is 280 Å². The highest BCUT2D eigenvalue weighted by atomic mass is 16.6. The molecule has 19 nitrogen and oxygen atoms in total. The molecule has 4 amide bonds. The Hall–Kier alpha value is -4.36. The molecule has 0 aromatic rings. The van der Waals surface area contributed by atoms with Crippen molar-refractivity contribution in [3.8, 4) is 0 Å². The number of nitrogens with one attached hydrogen (secondary N) is 4.